The van der Waals surface area contributed by atoms with Crippen molar-refractivity contribution in [3.05, 3.63) is 0 Å². The summed E-state index contributed by atoms with van der Waals surface area (Å²) in [7, 11) is -1.68. The highest BCUT2D eigenvalue weighted by Gasteiger charge is 2.53. The van der Waals surface area contributed by atoms with Crippen molar-refractivity contribution in [3.8, 4) is 6.07 Å². The van der Waals surface area contributed by atoms with Crippen molar-refractivity contribution in [2.24, 2.45) is 5.92 Å². The first-order chi connectivity index (χ1) is 9.02. The predicted octanol–water partition coefficient (Wildman–Crippen LogP) is 4.50. The molecule has 0 amide bonds. The summed E-state index contributed by atoms with van der Waals surface area (Å²) in [5.41, 5.74) is -0.0954. The Bertz CT molecular complexity index is 370. The largest absolute Gasteiger partial charge is 0.414 e. The van der Waals surface area contributed by atoms with Crippen LogP contribution in [0.1, 0.15) is 53.9 Å². The summed E-state index contributed by atoms with van der Waals surface area (Å²) >= 11 is 0. The van der Waals surface area contributed by atoms with Crippen LogP contribution >= 0.6 is 0 Å². The van der Waals surface area contributed by atoms with Crippen molar-refractivity contribution in [1.29, 1.82) is 5.26 Å². The van der Waals surface area contributed by atoms with Crippen molar-refractivity contribution in [2.75, 3.05) is 6.61 Å². The Kier molecular flexibility index (Phi) is 5.45. The van der Waals surface area contributed by atoms with Crippen LogP contribution in [0.4, 0.5) is 0 Å². The number of hydrogen-bond donors (Lipinski definition) is 0. The third-order valence-electron chi connectivity index (χ3n) is 4.92. The molecule has 0 aliphatic carbocycles. The Morgan fingerprint density at radius 2 is 2.00 bits per heavy atom. The molecule has 0 spiro atoms. The number of epoxide rings is 1. The fraction of sp³-hybridized carbons (Fsp3) is 0.938. The molecule has 0 saturated carbocycles. The fourth-order valence-electron chi connectivity index (χ4n) is 2.02. The van der Waals surface area contributed by atoms with Gasteiger partial charge in [0.05, 0.1) is 18.8 Å². The molecule has 0 bridgehead atoms. The number of rotatable bonds is 7. The summed E-state index contributed by atoms with van der Waals surface area (Å²) in [5, 5.41) is 8.92. The molecule has 0 unspecified atom stereocenters. The van der Waals surface area contributed by atoms with Crippen molar-refractivity contribution in [1.82, 2.24) is 0 Å². The van der Waals surface area contributed by atoms with Crippen molar-refractivity contribution in [2.45, 2.75) is 83.7 Å². The first kappa shape index (κ1) is 17.7. The Hall–Kier alpha value is -0.373. The van der Waals surface area contributed by atoms with E-state index in [1.807, 2.05) is 0 Å². The third-order valence-corrected chi connectivity index (χ3v) is 9.40. The van der Waals surface area contributed by atoms with Crippen LogP contribution in [0.3, 0.4) is 0 Å². The van der Waals surface area contributed by atoms with Crippen LogP contribution in [0.5, 0.6) is 0 Å². The number of ether oxygens (including phenoxy) is 1. The molecule has 0 aromatic carbocycles. The van der Waals surface area contributed by atoms with E-state index in [0.717, 1.165) is 12.8 Å². The lowest BCUT2D eigenvalue weighted by atomic mass is 9.97. The molecule has 3 nitrogen and oxygen atoms in total. The van der Waals surface area contributed by atoms with Gasteiger partial charge in [-0.2, -0.15) is 5.26 Å². The second-order valence-corrected chi connectivity index (χ2v) is 12.8. The molecule has 0 aromatic rings. The number of nitriles is 1. The van der Waals surface area contributed by atoms with Crippen LogP contribution in [-0.2, 0) is 9.16 Å². The van der Waals surface area contributed by atoms with Gasteiger partial charge in [-0.1, -0.05) is 27.7 Å². The zero-order chi connectivity index (χ0) is 15.6. The van der Waals surface area contributed by atoms with Gasteiger partial charge in [-0.3, -0.25) is 0 Å². The molecule has 20 heavy (non-hydrogen) atoms. The maximum absolute atomic E-state index is 8.67. The highest BCUT2D eigenvalue weighted by molar-refractivity contribution is 6.74. The first-order valence-electron chi connectivity index (χ1n) is 7.70. The molecule has 1 aliphatic heterocycles. The molecule has 1 aliphatic rings. The van der Waals surface area contributed by atoms with E-state index in [1.54, 1.807) is 0 Å². The molecule has 0 aromatic heterocycles. The van der Waals surface area contributed by atoms with E-state index in [4.69, 9.17) is 14.4 Å². The molecule has 3 atom stereocenters. The first-order valence-corrected chi connectivity index (χ1v) is 10.6. The molecule has 116 valence electrons. The maximum Gasteiger partial charge on any atom is 0.192 e. The summed E-state index contributed by atoms with van der Waals surface area (Å²) in [4.78, 5) is 0. The average Bonchev–Trinajstić information content (AvgIpc) is 2.95. The molecule has 1 heterocycles. The van der Waals surface area contributed by atoms with Crippen LogP contribution in [0.25, 0.3) is 0 Å². The molecule has 4 heteroatoms. The van der Waals surface area contributed by atoms with Crippen LogP contribution in [-0.4, -0.2) is 26.6 Å². The Morgan fingerprint density at radius 3 is 2.50 bits per heavy atom. The molecular formula is C16H31NO2Si. The monoisotopic (exact) mass is 297 g/mol. The van der Waals surface area contributed by atoms with E-state index < -0.39 is 8.32 Å². The summed E-state index contributed by atoms with van der Waals surface area (Å²) in [6.07, 6.45) is 3.06. The SMILES string of the molecule is C[C@@H](CC#N)CC[C@H]1O[C@]1(C)CO[Si](C)(C)C(C)(C)C. The predicted molar refractivity (Wildman–Crippen MR) is 85.1 cm³/mol. The minimum Gasteiger partial charge on any atom is -0.414 e. The molecular weight excluding hydrogens is 266 g/mol. The Morgan fingerprint density at radius 1 is 1.40 bits per heavy atom. The second kappa shape index (κ2) is 6.17. The van der Waals surface area contributed by atoms with E-state index >= 15 is 0 Å². The Labute approximate surface area is 125 Å². The Balaban J connectivity index is 2.35. The lowest BCUT2D eigenvalue weighted by Crippen LogP contribution is -2.43. The van der Waals surface area contributed by atoms with E-state index in [1.165, 1.54) is 0 Å². The standard InChI is InChI=1S/C16H31NO2Si/c1-13(10-11-17)8-9-14-16(5,19-14)12-18-20(6,7)15(2,3)4/h13-14H,8-10,12H2,1-7H3/t13-,14-,16-/m1/s1. The van der Waals surface area contributed by atoms with Gasteiger partial charge >= 0.3 is 0 Å². The van der Waals surface area contributed by atoms with Crippen LogP contribution in [0.15, 0.2) is 0 Å². The van der Waals surface area contributed by atoms with E-state index in [0.29, 0.717) is 25.0 Å². The summed E-state index contributed by atoms with van der Waals surface area (Å²) in [6, 6.07) is 2.23. The molecule has 1 fully saturated rings. The van der Waals surface area contributed by atoms with Gasteiger partial charge in [0.25, 0.3) is 0 Å². The van der Waals surface area contributed by atoms with E-state index in [-0.39, 0.29) is 10.6 Å². The average molecular weight is 298 g/mol. The van der Waals surface area contributed by atoms with Gasteiger partial charge in [-0.05, 0) is 43.8 Å². The van der Waals surface area contributed by atoms with Gasteiger partial charge in [0.15, 0.2) is 8.32 Å². The molecule has 0 N–H and O–H groups in total. The number of nitrogens with zero attached hydrogens (tertiary/aromatic N) is 1. The molecule has 1 rings (SSSR count). The minimum absolute atomic E-state index is 0.0954. The highest BCUT2D eigenvalue weighted by atomic mass is 28.4. The topological polar surface area (TPSA) is 45.5 Å². The summed E-state index contributed by atoms with van der Waals surface area (Å²) < 4.78 is 12.1. The maximum atomic E-state index is 8.67. The quantitative estimate of drug-likeness (QED) is 0.513. The van der Waals surface area contributed by atoms with Gasteiger partial charge in [-0.25, -0.2) is 0 Å². The zero-order valence-corrected chi connectivity index (χ0v) is 15.2. The lowest BCUT2D eigenvalue weighted by molar-refractivity contribution is 0.187. The third kappa shape index (κ3) is 4.58. The van der Waals surface area contributed by atoms with E-state index in [9.17, 15) is 0 Å². The van der Waals surface area contributed by atoms with Gasteiger partial charge < -0.3 is 9.16 Å². The zero-order valence-electron chi connectivity index (χ0n) is 14.2. The number of hydrogen-bond acceptors (Lipinski definition) is 3. The van der Waals surface area contributed by atoms with Gasteiger partial charge in [-0.15, -0.1) is 0 Å². The fourth-order valence-corrected chi connectivity index (χ4v) is 3.10. The molecule has 0 radical (unpaired) electrons. The van der Waals surface area contributed by atoms with Crippen LogP contribution in [0, 0.1) is 17.2 Å². The molecule has 1 saturated heterocycles. The van der Waals surface area contributed by atoms with Gasteiger partial charge in [0.1, 0.15) is 5.60 Å². The van der Waals surface area contributed by atoms with Gasteiger partial charge in [0, 0.05) is 6.42 Å². The van der Waals surface area contributed by atoms with E-state index in [2.05, 4.69) is 53.8 Å². The highest BCUT2D eigenvalue weighted by Crippen LogP contribution is 2.43. The normalized spacial score (nSPS) is 28.0. The summed E-state index contributed by atoms with van der Waals surface area (Å²) in [5.74, 6) is 0.467. The minimum atomic E-state index is -1.68. The van der Waals surface area contributed by atoms with Crippen molar-refractivity contribution >= 4 is 8.32 Å². The van der Waals surface area contributed by atoms with Crippen molar-refractivity contribution < 1.29 is 9.16 Å². The van der Waals surface area contributed by atoms with Crippen LogP contribution in [0.2, 0.25) is 18.1 Å². The lowest BCUT2D eigenvalue weighted by Gasteiger charge is -2.36. The van der Waals surface area contributed by atoms with Crippen LogP contribution < -0.4 is 0 Å². The smallest absolute Gasteiger partial charge is 0.192 e. The van der Waals surface area contributed by atoms with Gasteiger partial charge in [0.2, 0.25) is 0 Å². The summed E-state index contributed by atoms with van der Waals surface area (Å²) in [6.45, 7) is 16.3. The second-order valence-electron chi connectivity index (χ2n) is 8.01. The van der Waals surface area contributed by atoms with Crippen molar-refractivity contribution in [3.63, 3.8) is 0 Å².